The van der Waals surface area contributed by atoms with Crippen molar-refractivity contribution in [3.05, 3.63) is 17.5 Å². The van der Waals surface area contributed by atoms with E-state index in [0.29, 0.717) is 31.2 Å². The summed E-state index contributed by atoms with van der Waals surface area (Å²) in [6.45, 7) is 7.27. The molecule has 1 atom stereocenters. The van der Waals surface area contributed by atoms with Crippen LogP contribution < -0.4 is 4.90 Å². The summed E-state index contributed by atoms with van der Waals surface area (Å²) < 4.78 is 31.5. The first-order valence-corrected chi connectivity index (χ1v) is 9.99. The molecule has 0 aromatic carbocycles. The molecule has 7 nitrogen and oxygen atoms in total. The third-order valence-electron chi connectivity index (χ3n) is 4.62. The maximum atomic E-state index is 12.2. The van der Waals surface area contributed by atoms with Crippen molar-refractivity contribution < 1.29 is 13.2 Å². The lowest BCUT2D eigenvalue weighted by atomic mass is 10.2. The molecule has 2 aromatic heterocycles. The van der Waals surface area contributed by atoms with E-state index < -0.39 is 14.7 Å². The van der Waals surface area contributed by atoms with Crippen LogP contribution in [0.25, 0.3) is 11.0 Å². The molecule has 0 bridgehead atoms. The Balaban J connectivity index is 2.21. The maximum absolute atomic E-state index is 12.2. The number of hydrogen-bond donors (Lipinski definition) is 0. The highest BCUT2D eigenvalue weighted by molar-refractivity contribution is 7.91. The van der Waals surface area contributed by atoms with E-state index in [0.717, 1.165) is 5.39 Å². The van der Waals surface area contributed by atoms with E-state index in [1.54, 1.807) is 24.6 Å². The molecule has 0 spiro atoms. The minimum atomic E-state index is -3.35. The summed E-state index contributed by atoms with van der Waals surface area (Å²) in [5.74, 6) is 0.712. The number of sulfone groups is 1. The molecule has 0 saturated carbocycles. The van der Waals surface area contributed by atoms with Gasteiger partial charge in [0.2, 0.25) is 5.28 Å². The summed E-state index contributed by atoms with van der Waals surface area (Å²) >= 11 is 6.14. The molecule has 0 radical (unpaired) electrons. The van der Waals surface area contributed by atoms with Crippen LogP contribution in [0.15, 0.2) is 12.3 Å². The highest BCUT2D eigenvalue weighted by atomic mass is 35.5. The van der Waals surface area contributed by atoms with Crippen LogP contribution in [0.3, 0.4) is 0 Å². The Labute approximate surface area is 146 Å². The number of hydrogen-bond acceptors (Lipinski definition) is 6. The zero-order chi connectivity index (χ0) is 17.7. The average Bonchev–Trinajstić information content (AvgIpc) is 2.90. The molecule has 3 heterocycles. The Bertz CT molecular complexity index is 878. The van der Waals surface area contributed by atoms with Gasteiger partial charge in [-0.05, 0) is 38.4 Å². The first kappa shape index (κ1) is 17.4. The minimum absolute atomic E-state index is 0.0976. The molecule has 1 aliphatic heterocycles. The van der Waals surface area contributed by atoms with Crippen LogP contribution in [-0.4, -0.2) is 55.0 Å². The second-order valence-electron chi connectivity index (χ2n) is 6.58. The van der Waals surface area contributed by atoms with Crippen molar-refractivity contribution in [1.82, 2.24) is 14.5 Å². The van der Waals surface area contributed by atoms with Gasteiger partial charge < -0.3 is 14.2 Å². The maximum Gasteiger partial charge on any atom is 0.226 e. The van der Waals surface area contributed by atoms with E-state index in [4.69, 9.17) is 16.3 Å². The van der Waals surface area contributed by atoms with Crippen LogP contribution in [0, 0.1) is 0 Å². The highest BCUT2D eigenvalue weighted by Gasteiger charge is 2.34. The molecule has 2 aromatic rings. The molecule has 0 amide bonds. The number of ether oxygens (including phenoxy) is 1. The van der Waals surface area contributed by atoms with E-state index in [9.17, 15) is 8.42 Å². The molecular formula is C15H21ClN4O3S. The van der Waals surface area contributed by atoms with Crippen molar-refractivity contribution in [3.8, 4) is 0 Å². The van der Waals surface area contributed by atoms with E-state index in [2.05, 4.69) is 21.8 Å². The highest BCUT2D eigenvalue weighted by Crippen LogP contribution is 2.33. The van der Waals surface area contributed by atoms with Crippen molar-refractivity contribution in [2.45, 2.75) is 31.7 Å². The number of fused-ring (bicyclic) bond motifs is 1. The third-order valence-corrected chi connectivity index (χ3v) is 6.80. The van der Waals surface area contributed by atoms with Gasteiger partial charge in [0, 0.05) is 19.0 Å². The monoisotopic (exact) mass is 372 g/mol. The molecule has 0 aliphatic carbocycles. The van der Waals surface area contributed by atoms with Crippen molar-refractivity contribution >= 4 is 38.3 Å². The van der Waals surface area contributed by atoms with E-state index >= 15 is 0 Å². The zero-order valence-corrected chi connectivity index (χ0v) is 15.7. The normalized spacial score (nSPS) is 19.9. The SMILES string of the molecule is C[C@@H]1COCCN1c1nc(Cl)nc2c1ccn2C(C)(C)S(C)(=O)=O. The van der Waals surface area contributed by atoms with Gasteiger partial charge in [-0.15, -0.1) is 0 Å². The Hall–Kier alpha value is -1.38. The fraction of sp³-hybridized carbons (Fsp3) is 0.600. The van der Waals surface area contributed by atoms with Gasteiger partial charge in [-0.3, -0.25) is 0 Å². The van der Waals surface area contributed by atoms with Crippen LogP contribution in [0.2, 0.25) is 5.28 Å². The van der Waals surface area contributed by atoms with Gasteiger partial charge in [0.1, 0.15) is 16.3 Å². The fourth-order valence-electron chi connectivity index (χ4n) is 2.85. The number of anilines is 1. The summed E-state index contributed by atoms with van der Waals surface area (Å²) in [4.78, 5) is 9.67. The van der Waals surface area contributed by atoms with Gasteiger partial charge >= 0.3 is 0 Å². The second kappa shape index (κ2) is 5.86. The Morgan fingerprint density at radius 1 is 1.38 bits per heavy atom. The number of rotatable bonds is 3. The lowest BCUT2D eigenvalue weighted by Crippen LogP contribution is -2.44. The summed E-state index contributed by atoms with van der Waals surface area (Å²) in [5, 5.41) is 0.880. The first-order chi connectivity index (χ1) is 11.1. The Morgan fingerprint density at radius 2 is 2.08 bits per heavy atom. The predicted octanol–water partition coefficient (Wildman–Crippen LogP) is 2.05. The molecule has 1 fully saturated rings. The van der Waals surface area contributed by atoms with Crippen LogP contribution in [0.4, 0.5) is 5.82 Å². The van der Waals surface area contributed by atoms with Gasteiger partial charge in [-0.25, -0.2) is 8.42 Å². The molecule has 9 heteroatoms. The van der Waals surface area contributed by atoms with Gasteiger partial charge in [0.25, 0.3) is 0 Å². The molecule has 0 N–H and O–H groups in total. The molecular weight excluding hydrogens is 352 g/mol. The Kier molecular flexibility index (Phi) is 4.26. The van der Waals surface area contributed by atoms with Crippen LogP contribution in [-0.2, 0) is 19.4 Å². The largest absolute Gasteiger partial charge is 0.377 e. The standard InChI is InChI=1S/C15H21ClN4O3S/c1-10-9-23-8-7-19(10)12-11-5-6-20(13(11)18-14(16)17-12)15(2,3)24(4,21)22/h5-6,10H,7-9H2,1-4H3/t10-/m1/s1. The summed E-state index contributed by atoms with van der Waals surface area (Å²) in [7, 11) is -3.35. The van der Waals surface area contributed by atoms with E-state index in [-0.39, 0.29) is 11.3 Å². The fourth-order valence-corrected chi connectivity index (χ4v) is 3.51. The second-order valence-corrected chi connectivity index (χ2v) is 9.46. The van der Waals surface area contributed by atoms with Gasteiger partial charge in [0.15, 0.2) is 9.84 Å². The van der Waals surface area contributed by atoms with Gasteiger partial charge in [-0.2, -0.15) is 9.97 Å². The summed E-state index contributed by atoms with van der Waals surface area (Å²) in [5.41, 5.74) is 0.513. The van der Waals surface area contributed by atoms with Crippen LogP contribution in [0.1, 0.15) is 20.8 Å². The number of nitrogens with zero attached hydrogens (tertiary/aromatic N) is 4. The van der Waals surface area contributed by atoms with E-state index in [1.165, 1.54) is 6.26 Å². The smallest absolute Gasteiger partial charge is 0.226 e. The zero-order valence-electron chi connectivity index (χ0n) is 14.2. The quantitative estimate of drug-likeness (QED) is 0.767. The van der Waals surface area contributed by atoms with Crippen LogP contribution in [0.5, 0.6) is 0 Å². The minimum Gasteiger partial charge on any atom is -0.377 e. The summed E-state index contributed by atoms with van der Waals surface area (Å²) in [6.07, 6.45) is 2.94. The molecule has 0 unspecified atom stereocenters. The molecule has 1 aliphatic rings. The number of aromatic nitrogens is 3. The van der Waals surface area contributed by atoms with Gasteiger partial charge in [-0.1, -0.05) is 0 Å². The van der Waals surface area contributed by atoms with E-state index in [1.807, 2.05) is 6.07 Å². The first-order valence-electron chi connectivity index (χ1n) is 7.72. The van der Waals surface area contributed by atoms with Crippen molar-refractivity contribution in [3.63, 3.8) is 0 Å². The molecule has 3 rings (SSSR count). The number of halogens is 1. The molecule has 1 saturated heterocycles. The van der Waals surface area contributed by atoms with Crippen molar-refractivity contribution in [2.75, 3.05) is 30.9 Å². The lowest BCUT2D eigenvalue weighted by molar-refractivity contribution is 0.0987. The average molecular weight is 373 g/mol. The third kappa shape index (κ3) is 2.76. The topological polar surface area (TPSA) is 77.3 Å². The summed E-state index contributed by atoms with van der Waals surface area (Å²) in [6, 6.07) is 2.00. The molecule has 24 heavy (non-hydrogen) atoms. The lowest BCUT2D eigenvalue weighted by Gasteiger charge is -2.34. The van der Waals surface area contributed by atoms with Crippen LogP contribution >= 0.6 is 11.6 Å². The Morgan fingerprint density at radius 3 is 2.71 bits per heavy atom. The molecule has 132 valence electrons. The van der Waals surface area contributed by atoms with Gasteiger partial charge in [0.05, 0.1) is 24.6 Å². The van der Waals surface area contributed by atoms with Crippen molar-refractivity contribution in [2.24, 2.45) is 0 Å². The number of morpholine rings is 1. The van der Waals surface area contributed by atoms with Crippen molar-refractivity contribution in [1.29, 1.82) is 0 Å². The predicted molar refractivity (Wildman–Crippen MR) is 94.3 cm³/mol.